The number of carboxylic acids is 1. The number of amides is 1. The Kier molecular flexibility index (Phi) is 10.1. The normalized spacial score (nSPS) is 16.9. The van der Waals surface area contributed by atoms with Crippen molar-refractivity contribution in [3.05, 3.63) is 0 Å². The Hall–Kier alpha value is -1.10. The number of unbranched alkanes of at least 4 members (excludes halogenated alkanes) is 1. The summed E-state index contributed by atoms with van der Waals surface area (Å²) in [4.78, 5) is 23.3. The summed E-state index contributed by atoms with van der Waals surface area (Å²) < 4.78 is 0. The summed E-state index contributed by atoms with van der Waals surface area (Å²) in [5.41, 5.74) is 5.89. The van der Waals surface area contributed by atoms with Crippen LogP contribution in [0, 0.1) is 17.8 Å². The molecule has 0 aliphatic carbocycles. The third-order valence-electron chi connectivity index (χ3n) is 4.33. The number of carbonyl (C=O) groups is 2. The van der Waals surface area contributed by atoms with Crippen molar-refractivity contribution >= 4 is 11.9 Å². The smallest absolute Gasteiger partial charge is 0.305 e. The van der Waals surface area contributed by atoms with E-state index in [0.29, 0.717) is 18.3 Å². The largest absolute Gasteiger partial charge is 0.481 e. The molecule has 130 valence electrons. The van der Waals surface area contributed by atoms with Crippen LogP contribution in [0.1, 0.15) is 66.7 Å². The molecule has 4 atom stereocenters. The average Bonchev–Trinajstić information content (AvgIpc) is 2.41. The van der Waals surface area contributed by atoms with Crippen molar-refractivity contribution in [3.8, 4) is 0 Å². The van der Waals surface area contributed by atoms with Gasteiger partial charge in [0.05, 0.1) is 12.5 Å². The molecule has 0 aliphatic heterocycles. The summed E-state index contributed by atoms with van der Waals surface area (Å²) >= 11 is 0. The Bertz CT molecular complexity index is 345. The highest BCUT2D eigenvalue weighted by Gasteiger charge is 2.28. The molecular formula is C17H34N2O3. The zero-order chi connectivity index (χ0) is 17.3. The summed E-state index contributed by atoms with van der Waals surface area (Å²) in [5, 5.41) is 12.0. The van der Waals surface area contributed by atoms with Crippen molar-refractivity contribution in [2.75, 3.05) is 0 Å². The molecule has 0 bridgehead atoms. The molecule has 0 saturated carbocycles. The number of carbonyl (C=O) groups excluding carboxylic acids is 1. The van der Waals surface area contributed by atoms with Crippen LogP contribution in [0.5, 0.6) is 0 Å². The third-order valence-corrected chi connectivity index (χ3v) is 4.33. The lowest BCUT2D eigenvalue weighted by Gasteiger charge is -2.30. The van der Waals surface area contributed by atoms with Gasteiger partial charge in [-0.1, -0.05) is 53.9 Å². The number of nitrogens with one attached hydrogen (secondary N) is 1. The predicted molar refractivity (Wildman–Crippen MR) is 89.5 cm³/mol. The molecule has 0 fully saturated rings. The van der Waals surface area contributed by atoms with Crippen LogP contribution in [0.4, 0.5) is 0 Å². The maximum absolute atomic E-state index is 12.2. The van der Waals surface area contributed by atoms with Gasteiger partial charge in [0.1, 0.15) is 0 Å². The van der Waals surface area contributed by atoms with E-state index in [9.17, 15) is 9.59 Å². The van der Waals surface area contributed by atoms with Gasteiger partial charge in [-0.2, -0.15) is 0 Å². The fraction of sp³-hybridized carbons (Fsp3) is 0.882. The monoisotopic (exact) mass is 314 g/mol. The van der Waals surface area contributed by atoms with Gasteiger partial charge in [0.2, 0.25) is 5.91 Å². The van der Waals surface area contributed by atoms with E-state index in [-0.39, 0.29) is 24.3 Å². The number of nitrogens with two attached hydrogens (primary N) is 1. The third kappa shape index (κ3) is 8.37. The minimum atomic E-state index is -0.891. The minimum absolute atomic E-state index is 0.0578. The van der Waals surface area contributed by atoms with E-state index in [1.807, 2.05) is 20.8 Å². The predicted octanol–water partition coefficient (Wildman–Crippen LogP) is 2.78. The molecule has 0 aromatic heterocycles. The second-order valence-electron chi connectivity index (χ2n) is 6.93. The van der Waals surface area contributed by atoms with Crippen molar-refractivity contribution in [2.24, 2.45) is 23.5 Å². The first-order valence-corrected chi connectivity index (χ1v) is 8.46. The zero-order valence-corrected chi connectivity index (χ0v) is 14.8. The molecule has 5 nitrogen and oxygen atoms in total. The van der Waals surface area contributed by atoms with Crippen LogP contribution in [0.25, 0.3) is 0 Å². The Morgan fingerprint density at radius 1 is 1.18 bits per heavy atom. The van der Waals surface area contributed by atoms with Crippen molar-refractivity contribution in [1.82, 2.24) is 5.32 Å². The highest BCUT2D eigenvalue weighted by Crippen LogP contribution is 2.23. The average molecular weight is 314 g/mol. The number of hydrogen-bond acceptors (Lipinski definition) is 3. The lowest BCUT2D eigenvalue weighted by molar-refractivity contribution is -0.138. The summed E-state index contributed by atoms with van der Waals surface area (Å²) in [7, 11) is 0. The van der Waals surface area contributed by atoms with E-state index >= 15 is 0 Å². The molecule has 0 rings (SSSR count). The maximum atomic E-state index is 12.2. The minimum Gasteiger partial charge on any atom is -0.481 e. The summed E-state index contributed by atoms with van der Waals surface area (Å²) in [6.07, 6.45) is 3.82. The van der Waals surface area contributed by atoms with Gasteiger partial charge in [0.15, 0.2) is 0 Å². The van der Waals surface area contributed by atoms with E-state index in [2.05, 4.69) is 19.2 Å². The van der Waals surface area contributed by atoms with Gasteiger partial charge in [-0.15, -0.1) is 0 Å². The highest BCUT2D eigenvalue weighted by molar-refractivity contribution is 5.82. The lowest BCUT2D eigenvalue weighted by Crippen LogP contribution is -2.49. The number of rotatable bonds is 11. The molecular weight excluding hydrogens is 280 g/mol. The molecule has 0 aliphatic rings. The lowest BCUT2D eigenvalue weighted by atomic mass is 9.84. The second-order valence-corrected chi connectivity index (χ2v) is 6.93. The standard InChI is InChI=1S/C17H34N2O3/c1-6-7-8-12(4)13(5)15(10-16(20)21)19-17(22)14(18)9-11(2)3/h11-15H,6-10,18H2,1-5H3,(H,19,22)(H,20,21)/t12-,13-,14+,15-/m1/s1. The van der Waals surface area contributed by atoms with Crippen LogP contribution in [0.2, 0.25) is 0 Å². The van der Waals surface area contributed by atoms with Gasteiger partial charge in [-0.05, 0) is 24.2 Å². The molecule has 5 heteroatoms. The van der Waals surface area contributed by atoms with Crippen LogP contribution in [-0.2, 0) is 9.59 Å². The SMILES string of the molecule is CCCC[C@@H](C)[C@@H](C)[C@@H](CC(=O)O)NC(=O)[C@@H](N)CC(C)C. The maximum Gasteiger partial charge on any atom is 0.305 e. The zero-order valence-electron chi connectivity index (χ0n) is 14.8. The molecule has 0 radical (unpaired) electrons. The van der Waals surface area contributed by atoms with E-state index in [1.54, 1.807) is 0 Å². The van der Waals surface area contributed by atoms with Crippen molar-refractivity contribution < 1.29 is 14.7 Å². The quantitative estimate of drug-likeness (QED) is 0.547. The molecule has 0 heterocycles. The molecule has 0 aromatic carbocycles. The summed E-state index contributed by atoms with van der Waals surface area (Å²) in [6.45, 7) is 10.3. The molecule has 0 saturated heterocycles. The molecule has 1 amide bonds. The number of aliphatic carboxylic acids is 1. The van der Waals surface area contributed by atoms with Gasteiger partial charge >= 0.3 is 5.97 Å². The van der Waals surface area contributed by atoms with E-state index in [0.717, 1.165) is 19.3 Å². The van der Waals surface area contributed by atoms with Crippen LogP contribution < -0.4 is 11.1 Å². The fourth-order valence-corrected chi connectivity index (χ4v) is 2.65. The van der Waals surface area contributed by atoms with Crippen molar-refractivity contribution in [3.63, 3.8) is 0 Å². The molecule has 0 unspecified atom stereocenters. The molecule has 0 spiro atoms. The Morgan fingerprint density at radius 3 is 2.23 bits per heavy atom. The fourth-order valence-electron chi connectivity index (χ4n) is 2.65. The summed E-state index contributed by atoms with van der Waals surface area (Å²) in [5.74, 6) is -0.324. The van der Waals surface area contributed by atoms with Crippen LogP contribution in [0.15, 0.2) is 0 Å². The van der Waals surface area contributed by atoms with Gasteiger partial charge in [0.25, 0.3) is 0 Å². The second kappa shape index (κ2) is 10.6. The van der Waals surface area contributed by atoms with Crippen LogP contribution >= 0.6 is 0 Å². The van der Waals surface area contributed by atoms with Crippen LogP contribution in [-0.4, -0.2) is 29.1 Å². The number of carboxylic acid groups (broad SMARTS) is 1. The molecule has 0 aromatic rings. The van der Waals surface area contributed by atoms with Gasteiger partial charge in [-0.3, -0.25) is 9.59 Å². The summed E-state index contributed by atoms with van der Waals surface area (Å²) in [6, 6.07) is -0.940. The Balaban J connectivity index is 4.75. The van der Waals surface area contributed by atoms with Gasteiger partial charge in [-0.25, -0.2) is 0 Å². The topological polar surface area (TPSA) is 92.4 Å². The van der Waals surface area contributed by atoms with Crippen LogP contribution in [0.3, 0.4) is 0 Å². The Morgan fingerprint density at radius 2 is 1.77 bits per heavy atom. The van der Waals surface area contributed by atoms with Gasteiger partial charge < -0.3 is 16.2 Å². The first-order chi connectivity index (χ1) is 10.2. The number of hydrogen-bond donors (Lipinski definition) is 3. The van der Waals surface area contributed by atoms with E-state index in [4.69, 9.17) is 10.8 Å². The first-order valence-electron chi connectivity index (χ1n) is 8.46. The van der Waals surface area contributed by atoms with Gasteiger partial charge in [0, 0.05) is 6.04 Å². The van der Waals surface area contributed by atoms with Crippen molar-refractivity contribution in [2.45, 2.75) is 78.8 Å². The highest BCUT2D eigenvalue weighted by atomic mass is 16.4. The first kappa shape index (κ1) is 20.9. The molecule has 22 heavy (non-hydrogen) atoms. The Labute approximate surface area is 135 Å². The molecule has 4 N–H and O–H groups in total. The van der Waals surface area contributed by atoms with E-state index in [1.165, 1.54) is 0 Å². The van der Waals surface area contributed by atoms with Crippen molar-refractivity contribution in [1.29, 1.82) is 0 Å². The van der Waals surface area contributed by atoms with E-state index < -0.39 is 12.0 Å².